The molecule has 1 rings (SSSR count). The van der Waals surface area contributed by atoms with Gasteiger partial charge in [0.15, 0.2) is 0 Å². The Balaban J connectivity index is 2.74. The Bertz CT molecular complexity index is 316. The average Bonchev–Trinajstić information content (AvgIpc) is 2.27. The number of amides is 1. The Morgan fingerprint density at radius 2 is 1.93 bits per heavy atom. The van der Waals surface area contributed by atoms with Gasteiger partial charge in [-0.2, -0.15) is 0 Å². The molecule has 0 aliphatic carbocycles. The molecule has 1 atom stereocenters. The fourth-order valence-corrected chi connectivity index (χ4v) is 1.66. The third-order valence-electron chi connectivity index (χ3n) is 2.75. The third-order valence-corrected chi connectivity index (χ3v) is 2.75. The molecule has 0 heterocycles. The van der Waals surface area contributed by atoms with Crippen molar-refractivity contribution in [3.63, 3.8) is 0 Å². The van der Waals surface area contributed by atoms with Gasteiger partial charge in [0, 0.05) is 13.5 Å². The smallest absolute Gasteiger partial charge is 0.220 e. The summed E-state index contributed by atoms with van der Waals surface area (Å²) in [5.74, 6) is 0.452. The number of carbonyl (C=O) groups excluding carboxylic acids is 1. The maximum Gasteiger partial charge on any atom is 0.220 e. The quantitative estimate of drug-likeness (QED) is 0.804. The minimum atomic E-state index is 0.113. The van der Waals surface area contributed by atoms with Gasteiger partial charge in [-0.1, -0.05) is 36.8 Å². The number of carbonyl (C=O) groups is 1. The molecule has 0 bridgehead atoms. The van der Waals surface area contributed by atoms with E-state index in [9.17, 15) is 4.79 Å². The number of benzene rings is 1. The molecule has 0 saturated heterocycles. The van der Waals surface area contributed by atoms with Crippen LogP contribution in [0.4, 0.5) is 0 Å². The molecule has 15 heavy (non-hydrogen) atoms. The van der Waals surface area contributed by atoms with Gasteiger partial charge < -0.3 is 5.32 Å². The van der Waals surface area contributed by atoms with Crippen molar-refractivity contribution in [1.29, 1.82) is 0 Å². The van der Waals surface area contributed by atoms with Crippen LogP contribution in [0.15, 0.2) is 24.3 Å². The van der Waals surface area contributed by atoms with E-state index in [1.165, 1.54) is 11.1 Å². The van der Waals surface area contributed by atoms with Gasteiger partial charge in [0.1, 0.15) is 0 Å². The summed E-state index contributed by atoms with van der Waals surface area (Å²) in [6.45, 7) is 4.19. The first-order valence-electron chi connectivity index (χ1n) is 5.44. The largest absolute Gasteiger partial charge is 0.359 e. The minimum Gasteiger partial charge on any atom is -0.359 e. The SMILES string of the molecule is CCC(CC(=O)NC)c1ccc(C)cc1. The lowest BCUT2D eigenvalue weighted by Gasteiger charge is -2.14. The van der Waals surface area contributed by atoms with Crippen molar-refractivity contribution in [1.82, 2.24) is 5.32 Å². The number of hydrogen-bond acceptors (Lipinski definition) is 1. The van der Waals surface area contributed by atoms with Crippen molar-refractivity contribution in [2.45, 2.75) is 32.6 Å². The summed E-state index contributed by atoms with van der Waals surface area (Å²) in [4.78, 5) is 11.3. The van der Waals surface area contributed by atoms with Gasteiger partial charge in [-0.05, 0) is 24.8 Å². The van der Waals surface area contributed by atoms with Crippen molar-refractivity contribution in [3.8, 4) is 0 Å². The zero-order valence-corrected chi connectivity index (χ0v) is 9.71. The monoisotopic (exact) mass is 205 g/mol. The van der Waals surface area contributed by atoms with E-state index in [0.29, 0.717) is 12.3 Å². The second kappa shape index (κ2) is 5.54. The third kappa shape index (κ3) is 3.39. The van der Waals surface area contributed by atoms with Crippen molar-refractivity contribution in [2.24, 2.45) is 0 Å². The lowest BCUT2D eigenvalue weighted by atomic mass is 9.92. The topological polar surface area (TPSA) is 29.1 Å². The minimum absolute atomic E-state index is 0.113. The molecule has 0 spiro atoms. The van der Waals surface area contributed by atoms with Gasteiger partial charge in [0.2, 0.25) is 5.91 Å². The van der Waals surface area contributed by atoms with Gasteiger partial charge in [0.05, 0.1) is 0 Å². The van der Waals surface area contributed by atoms with E-state index in [0.717, 1.165) is 6.42 Å². The highest BCUT2D eigenvalue weighted by atomic mass is 16.1. The highest BCUT2D eigenvalue weighted by molar-refractivity contribution is 5.76. The van der Waals surface area contributed by atoms with Crippen LogP contribution < -0.4 is 5.32 Å². The molecule has 1 unspecified atom stereocenters. The zero-order chi connectivity index (χ0) is 11.3. The van der Waals surface area contributed by atoms with E-state index in [1.807, 2.05) is 0 Å². The Hall–Kier alpha value is -1.31. The molecule has 0 fully saturated rings. The lowest BCUT2D eigenvalue weighted by molar-refractivity contribution is -0.121. The van der Waals surface area contributed by atoms with Gasteiger partial charge in [-0.25, -0.2) is 0 Å². The second-order valence-corrected chi connectivity index (χ2v) is 3.89. The Morgan fingerprint density at radius 3 is 2.40 bits per heavy atom. The normalized spacial score (nSPS) is 12.2. The summed E-state index contributed by atoms with van der Waals surface area (Å²) in [6.07, 6.45) is 1.58. The van der Waals surface area contributed by atoms with Crippen molar-refractivity contribution < 1.29 is 4.79 Å². The Morgan fingerprint density at radius 1 is 1.33 bits per heavy atom. The number of nitrogens with one attached hydrogen (secondary N) is 1. The summed E-state index contributed by atoms with van der Waals surface area (Å²) >= 11 is 0. The molecule has 0 aliphatic rings. The highest BCUT2D eigenvalue weighted by Crippen LogP contribution is 2.23. The Labute approximate surface area is 91.7 Å². The molecule has 82 valence electrons. The predicted molar refractivity (Wildman–Crippen MR) is 62.9 cm³/mol. The number of hydrogen-bond donors (Lipinski definition) is 1. The fraction of sp³-hybridized carbons (Fsp3) is 0.462. The summed E-state index contributed by atoms with van der Waals surface area (Å²) < 4.78 is 0. The summed E-state index contributed by atoms with van der Waals surface area (Å²) in [5.41, 5.74) is 2.51. The Kier molecular flexibility index (Phi) is 4.35. The van der Waals surface area contributed by atoms with Crippen LogP contribution in [0, 0.1) is 6.92 Å². The number of aryl methyl sites for hydroxylation is 1. The molecule has 1 N–H and O–H groups in total. The highest BCUT2D eigenvalue weighted by Gasteiger charge is 2.12. The summed E-state index contributed by atoms with van der Waals surface area (Å²) in [5, 5.41) is 2.67. The molecule has 0 radical (unpaired) electrons. The van der Waals surface area contributed by atoms with Crippen molar-refractivity contribution in [3.05, 3.63) is 35.4 Å². The van der Waals surface area contributed by atoms with Crippen LogP contribution in [0.2, 0.25) is 0 Å². The summed E-state index contributed by atoms with van der Waals surface area (Å²) in [6, 6.07) is 8.43. The zero-order valence-electron chi connectivity index (χ0n) is 9.71. The van der Waals surface area contributed by atoms with Crippen molar-refractivity contribution in [2.75, 3.05) is 7.05 Å². The van der Waals surface area contributed by atoms with Crippen LogP contribution >= 0.6 is 0 Å². The van der Waals surface area contributed by atoms with E-state index in [4.69, 9.17) is 0 Å². The van der Waals surface area contributed by atoms with E-state index in [1.54, 1.807) is 7.05 Å². The first kappa shape index (κ1) is 11.8. The first-order chi connectivity index (χ1) is 7.17. The molecule has 1 aromatic rings. The predicted octanol–water partition coefficient (Wildman–Crippen LogP) is 2.62. The number of rotatable bonds is 4. The van der Waals surface area contributed by atoms with Gasteiger partial charge in [-0.3, -0.25) is 4.79 Å². The molecule has 0 saturated carbocycles. The standard InChI is InChI=1S/C13H19NO/c1-4-11(9-13(15)14-3)12-7-5-10(2)6-8-12/h5-8,11H,4,9H2,1-3H3,(H,14,15). The molecule has 1 amide bonds. The lowest BCUT2D eigenvalue weighted by Crippen LogP contribution is -2.20. The van der Waals surface area contributed by atoms with E-state index in [-0.39, 0.29) is 5.91 Å². The first-order valence-corrected chi connectivity index (χ1v) is 5.44. The van der Waals surface area contributed by atoms with Gasteiger partial charge in [-0.15, -0.1) is 0 Å². The van der Waals surface area contributed by atoms with Crippen LogP contribution in [0.5, 0.6) is 0 Å². The molecule has 0 aromatic heterocycles. The average molecular weight is 205 g/mol. The maximum absolute atomic E-state index is 11.3. The van der Waals surface area contributed by atoms with Crippen LogP contribution in [-0.4, -0.2) is 13.0 Å². The van der Waals surface area contributed by atoms with Crippen LogP contribution in [0.3, 0.4) is 0 Å². The fourth-order valence-electron chi connectivity index (χ4n) is 1.66. The molecule has 2 nitrogen and oxygen atoms in total. The van der Waals surface area contributed by atoms with Crippen molar-refractivity contribution >= 4 is 5.91 Å². The van der Waals surface area contributed by atoms with E-state index >= 15 is 0 Å². The van der Waals surface area contributed by atoms with E-state index in [2.05, 4.69) is 43.4 Å². The van der Waals surface area contributed by atoms with Crippen LogP contribution in [-0.2, 0) is 4.79 Å². The molecule has 0 aliphatic heterocycles. The molecule has 1 aromatic carbocycles. The van der Waals surface area contributed by atoms with Gasteiger partial charge >= 0.3 is 0 Å². The van der Waals surface area contributed by atoms with Crippen LogP contribution in [0.25, 0.3) is 0 Å². The van der Waals surface area contributed by atoms with Crippen LogP contribution in [0.1, 0.15) is 36.8 Å². The summed E-state index contributed by atoms with van der Waals surface area (Å²) in [7, 11) is 1.68. The molecule has 2 heteroatoms. The maximum atomic E-state index is 11.3. The van der Waals surface area contributed by atoms with Gasteiger partial charge in [0.25, 0.3) is 0 Å². The second-order valence-electron chi connectivity index (χ2n) is 3.89. The molecular formula is C13H19NO. The van der Waals surface area contributed by atoms with E-state index < -0.39 is 0 Å². The molecular weight excluding hydrogens is 186 g/mol.